The number of hydrogen-bond acceptors (Lipinski definition) is 4. The normalized spacial score (nSPS) is 19.9. The Kier molecular flexibility index (Phi) is 11.2. The Hall–Kier alpha value is 0.940. The number of phenols is 1. The smallest absolute Gasteiger partial charge is 0.133 e. The number of morpholine rings is 1. The van der Waals surface area contributed by atoms with E-state index in [0.29, 0.717) is 5.75 Å². The number of hydrogen-bond donors (Lipinski definition) is 1. The summed E-state index contributed by atoms with van der Waals surface area (Å²) in [6, 6.07) is 4.13. The minimum Gasteiger partial charge on any atom is -0.507 e. The fourth-order valence-electron chi connectivity index (χ4n) is 3.46. The Morgan fingerprint density at radius 3 is 2.28 bits per heavy atom. The van der Waals surface area contributed by atoms with Gasteiger partial charge >= 0.3 is 0 Å². The molecule has 2 fully saturated rings. The molecule has 2 aliphatic heterocycles. The largest absolute Gasteiger partial charge is 0.507 e. The molecule has 0 bridgehead atoms. The van der Waals surface area contributed by atoms with Gasteiger partial charge in [0.05, 0.1) is 16.8 Å². The molecule has 0 aliphatic carbocycles. The second kappa shape index (κ2) is 11.7. The zero-order chi connectivity index (χ0) is 16.2. The summed E-state index contributed by atoms with van der Waals surface area (Å²) in [6.45, 7) is 8.33. The van der Waals surface area contributed by atoms with Gasteiger partial charge in [0.25, 0.3) is 0 Å². The molecule has 3 rings (SSSR count). The monoisotopic (exact) mass is 614 g/mol. The number of nitrogens with zero attached hydrogens (tertiary/aromatic N) is 2. The van der Waals surface area contributed by atoms with Gasteiger partial charge in [0.15, 0.2) is 0 Å². The lowest BCUT2D eigenvalue weighted by Crippen LogP contribution is -2.42. The zero-order valence-corrected chi connectivity index (χ0v) is 20.1. The average molecular weight is 615 g/mol. The van der Waals surface area contributed by atoms with Crippen molar-refractivity contribution in [2.75, 3.05) is 45.9 Å². The van der Waals surface area contributed by atoms with Crippen LogP contribution < -0.4 is 0 Å². The highest BCUT2D eigenvalue weighted by atomic mass is 127. The first-order valence-corrected chi connectivity index (χ1v) is 10.5. The van der Waals surface area contributed by atoms with Crippen molar-refractivity contribution in [3.05, 3.63) is 24.8 Å². The number of likely N-dealkylation sites (tertiary alicyclic amines) is 1. The predicted octanol–water partition coefficient (Wildman–Crippen LogP) is 3.99. The van der Waals surface area contributed by atoms with Crippen LogP contribution in [0.5, 0.6) is 5.75 Å². The zero-order valence-electron chi connectivity index (χ0n) is 14.1. The SMILES string of the molecule is Cl.Cl.Oc1c(I)cc(I)cc1CN1CCC(CN2CCOCC2)CC1. The first kappa shape index (κ1) is 24.0. The van der Waals surface area contributed by atoms with Crippen LogP contribution in [0.3, 0.4) is 0 Å². The molecule has 1 aromatic carbocycles. The van der Waals surface area contributed by atoms with Crippen LogP contribution in [-0.4, -0.2) is 60.8 Å². The summed E-state index contributed by atoms with van der Waals surface area (Å²) in [4.78, 5) is 5.04. The summed E-state index contributed by atoms with van der Waals surface area (Å²) in [6.07, 6.45) is 2.53. The topological polar surface area (TPSA) is 35.9 Å². The van der Waals surface area contributed by atoms with E-state index in [9.17, 15) is 5.11 Å². The van der Waals surface area contributed by atoms with Crippen LogP contribution in [0, 0.1) is 13.1 Å². The van der Waals surface area contributed by atoms with Crippen molar-refractivity contribution >= 4 is 70.0 Å². The van der Waals surface area contributed by atoms with Crippen molar-refractivity contribution in [1.82, 2.24) is 9.80 Å². The minimum absolute atomic E-state index is 0. The molecule has 0 saturated carbocycles. The number of ether oxygens (including phenoxy) is 1. The van der Waals surface area contributed by atoms with E-state index in [1.807, 2.05) is 6.07 Å². The number of benzene rings is 1. The standard InChI is InChI=1S/C17H24I2N2O2.2ClH/c18-15-9-14(17(22)16(19)10-15)12-20-3-1-13(2-4-20)11-21-5-7-23-8-6-21;;/h9-10,13,22H,1-8,11-12H2;2*1H. The first-order valence-electron chi connectivity index (χ1n) is 8.31. The van der Waals surface area contributed by atoms with E-state index in [4.69, 9.17) is 4.74 Å². The Morgan fingerprint density at radius 2 is 1.64 bits per heavy atom. The van der Waals surface area contributed by atoms with Crippen LogP contribution in [-0.2, 0) is 11.3 Å². The van der Waals surface area contributed by atoms with Crippen molar-refractivity contribution < 1.29 is 9.84 Å². The van der Waals surface area contributed by atoms with Crippen LogP contribution >= 0.6 is 70.0 Å². The fraction of sp³-hybridized carbons (Fsp3) is 0.647. The quantitative estimate of drug-likeness (QED) is 0.521. The molecule has 0 atom stereocenters. The summed E-state index contributed by atoms with van der Waals surface area (Å²) < 4.78 is 7.57. The second-order valence-corrected chi connectivity index (χ2v) is 8.94. The maximum Gasteiger partial charge on any atom is 0.133 e. The van der Waals surface area contributed by atoms with Crippen molar-refractivity contribution in [1.29, 1.82) is 0 Å². The number of halogens is 4. The molecule has 4 nitrogen and oxygen atoms in total. The predicted molar refractivity (Wildman–Crippen MR) is 123 cm³/mol. The van der Waals surface area contributed by atoms with E-state index in [1.54, 1.807) is 0 Å². The summed E-state index contributed by atoms with van der Waals surface area (Å²) in [5.41, 5.74) is 1.06. The Bertz CT molecular complexity index is 538. The van der Waals surface area contributed by atoms with E-state index in [-0.39, 0.29) is 24.8 Å². The summed E-state index contributed by atoms with van der Waals surface area (Å²) in [5, 5.41) is 10.3. The Balaban J connectivity index is 0.00000156. The molecule has 144 valence electrons. The molecular formula is C17H26Cl2I2N2O2. The lowest BCUT2D eigenvalue weighted by atomic mass is 9.95. The Labute approximate surface area is 190 Å². The molecule has 2 aliphatic rings. The van der Waals surface area contributed by atoms with E-state index >= 15 is 0 Å². The van der Waals surface area contributed by atoms with Gasteiger partial charge in [0, 0.05) is 35.3 Å². The third kappa shape index (κ3) is 7.12. The van der Waals surface area contributed by atoms with Crippen molar-refractivity contribution in [3.63, 3.8) is 0 Å². The summed E-state index contributed by atoms with van der Waals surface area (Å²) >= 11 is 4.54. The first-order chi connectivity index (χ1) is 11.1. The molecule has 8 heteroatoms. The highest BCUT2D eigenvalue weighted by molar-refractivity contribution is 14.1. The minimum atomic E-state index is 0. The van der Waals surface area contributed by atoms with Gasteiger partial charge in [0.1, 0.15) is 5.75 Å². The second-order valence-electron chi connectivity index (χ2n) is 6.53. The van der Waals surface area contributed by atoms with Gasteiger partial charge in [-0.3, -0.25) is 9.80 Å². The van der Waals surface area contributed by atoms with Gasteiger partial charge in [0.2, 0.25) is 0 Å². The molecular weight excluding hydrogens is 589 g/mol. The molecule has 0 spiro atoms. The summed E-state index contributed by atoms with van der Waals surface area (Å²) in [7, 11) is 0. The van der Waals surface area contributed by atoms with Gasteiger partial charge < -0.3 is 9.84 Å². The van der Waals surface area contributed by atoms with Crippen molar-refractivity contribution in [3.8, 4) is 5.75 Å². The summed E-state index contributed by atoms with van der Waals surface area (Å²) in [5.74, 6) is 1.27. The van der Waals surface area contributed by atoms with Gasteiger partial charge in [-0.15, -0.1) is 24.8 Å². The molecule has 1 N–H and O–H groups in total. The maximum absolute atomic E-state index is 10.3. The third-order valence-electron chi connectivity index (χ3n) is 4.83. The van der Waals surface area contributed by atoms with Crippen molar-refractivity contribution in [2.45, 2.75) is 19.4 Å². The highest BCUT2D eigenvalue weighted by Gasteiger charge is 2.23. The molecule has 0 unspecified atom stereocenters. The van der Waals surface area contributed by atoms with Crippen LogP contribution in [0.1, 0.15) is 18.4 Å². The number of aromatic hydroxyl groups is 1. The van der Waals surface area contributed by atoms with E-state index in [1.165, 1.54) is 23.0 Å². The van der Waals surface area contributed by atoms with Crippen LogP contribution in [0.25, 0.3) is 0 Å². The molecule has 2 saturated heterocycles. The van der Waals surface area contributed by atoms with Crippen LogP contribution in [0.4, 0.5) is 0 Å². The number of piperidine rings is 1. The molecule has 0 radical (unpaired) electrons. The Morgan fingerprint density at radius 1 is 1.00 bits per heavy atom. The lowest BCUT2D eigenvalue weighted by Gasteiger charge is -2.36. The van der Waals surface area contributed by atoms with E-state index < -0.39 is 0 Å². The maximum atomic E-state index is 10.3. The average Bonchev–Trinajstić information content (AvgIpc) is 2.55. The molecule has 2 heterocycles. The van der Waals surface area contributed by atoms with Gasteiger partial charge in [-0.25, -0.2) is 0 Å². The van der Waals surface area contributed by atoms with Crippen molar-refractivity contribution in [2.24, 2.45) is 5.92 Å². The van der Waals surface area contributed by atoms with Gasteiger partial charge in [-0.1, -0.05) is 0 Å². The highest BCUT2D eigenvalue weighted by Crippen LogP contribution is 2.29. The van der Waals surface area contributed by atoms with Gasteiger partial charge in [-0.2, -0.15) is 0 Å². The van der Waals surface area contributed by atoms with E-state index in [2.05, 4.69) is 61.0 Å². The third-order valence-corrected chi connectivity index (χ3v) is 6.27. The lowest BCUT2D eigenvalue weighted by molar-refractivity contribution is 0.0242. The number of rotatable bonds is 4. The van der Waals surface area contributed by atoms with Gasteiger partial charge in [-0.05, 0) is 89.2 Å². The van der Waals surface area contributed by atoms with Crippen LogP contribution in [0.15, 0.2) is 12.1 Å². The van der Waals surface area contributed by atoms with Crippen LogP contribution in [0.2, 0.25) is 0 Å². The number of phenolic OH excluding ortho intramolecular Hbond substituents is 1. The molecule has 25 heavy (non-hydrogen) atoms. The molecule has 0 aromatic heterocycles. The molecule has 0 amide bonds. The van der Waals surface area contributed by atoms with E-state index in [0.717, 1.165) is 61.0 Å². The molecule has 1 aromatic rings. The fourth-order valence-corrected chi connectivity index (χ4v) is 5.42.